The van der Waals surface area contributed by atoms with Crippen LogP contribution >= 0.6 is 0 Å². The number of aryl methyl sites for hydroxylation is 4. The van der Waals surface area contributed by atoms with Crippen molar-refractivity contribution in [2.24, 2.45) is 5.92 Å². The molecule has 0 saturated heterocycles. The van der Waals surface area contributed by atoms with Crippen LogP contribution in [0.15, 0.2) is 29.3 Å². The lowest BCUT2D eigenvalue weighted by Gasteiger charge is -2.17. The van der Waals surface area contributed by atoms with Gasteiger partial charge in [0.15, 0.2) is 0 Å². The number of aromatic nitrogens is 2. The molecule has 0 aromatic carbocycles. The van der Waals surface area contributed by atoms with Gasteiger partial charge in [-0.05, 0) is 62.8 Å². The molecule has 0 radical (unpaired) electrons. The summed E-state index contributed by atoms with van der Waals surface area (Å²) in [6.45, 7) is 12.6. The second-order valence-corrected chi connectivity index (χ2v) is 7.91. The molecule has 5 nitrogen and oxygen atoms in total. The van der Waals surface area contributed by atoms with E-state index in [0.29, 0.717) is 24.4 Å². The minimum Gasteiger partial charge on any atom is -0.349 e. The molecule has 0 bridgehead atoms. The summed E-state index contributed by atoms with van der Waals surface area (Å²) in [5.74, 6) is 0.189. The van der Waals surface area contributed by atoms with E-state index in [-0.39, 0.29) is 23.1 Å². The fraction of sp³-hybridized carbons (Fsp3) is 0.500. The molecular formula is C22H31N3O2. The normalized spacial score (nSPS) is 12.3. The second-order valence-electron chi connectivity index (χ2n) is 7.91. The van der Waals surface area contributed by atoms with E-state index in [1.807, 2.05) is 33.0 Å². The highest BCUT2D eigenvalue weighted by Crippen LogP contribution is 2.10. The first-order valence-corrected chi connectivity index (χ1v) is 9.62. The largest absolute Gasteiger partial charge is 0.349 e. The van der Waals surface area contributed by atoms with Crippen LogP contribution in [0, 0.1) is 26.7 Å². The number of hydrogen-bond donors (Lipinski definition) is 1. The van der Waals surface area contributed by atoms with Crippen molar-refractivity contribution in [3.63, 3.8) is 0 Å². The third kappa shape index (κ3) is 5.52. The minimum atomic E-state index is -0.311. The van der Waals surface area contributed by atoms with Crippen molar-refractivity contribution < 1.29 is 4.79 Å². The molecule has 1 unspecified atom stereocenters. The van der Waals surface area contributed by atoms with Gasteiger partial charge in [0, 0.05) is 37.1 Å². The summed E-state index contributed by atoms with van der Waals surface area (Å²) < 4.78 is 1.64. The first kappa shape index (κ1) is 20.9. The Balaban J connectivity index is 2.14. The quantitative estimate of drug-likeness (QED) is 0.811. The van der Waals surface area contributed by atoms with Gasteiger partial charge >= 0.3 is 0 Å². The fourth-order valence-electron chi connectivity index (χ4n) is 3.11. The van der Waals surface area contributed by atoms with Crippen LogP contribution in [-0.2, 0) is 13.0 Å². The Labute approximate surface area is 161 Å². The van der Waals surface area contributed by atoms with Crippen LogP contribution in [0.2, 0.25) is 0 Å². The van der Waals surface area contributed by atoms with E-state index in [1.165, 1.54) is 0 Å². The lowest BCUT2D eigenvalue weighted by atomic mass is 10.1. The summed E-state index contributed by atoms with van der Waals surface area (Å²) >= 11 is 0. The van der Waals surface area contributed by atoms with Gasteiger partial charge in [0.05, 0.1) is 0 Å². The van der Waals surface area contributed by atoms with Gasteiger partial charge in [-0.3, -0.25) is 14.6 Å². The molecule has 0 spiro atoms. The Kier molecular flexibility index (Phi) is 6.94. The first-order valence-electron chi connectivity index (χ1n) is 9.62. The SMILES string of the molecule is Cc1cnc(CC(C)NC(=O)c2c(C)ccn(CCC(C)C)c2=O)c(C)c1. The molecule has 2 rings (SSSR count). The topological polar surface area (TPSA) is 64.0 Å². The molecular weight excluding hydrogens is 338 g/mol. The summed E-state index contributed by atoms with van der Waals surface area (Å²) in [6.07, 6.45) is 5.15. The van der Waals surface area contributed by atoms with Crippen LogP contribution in [0.5, 0.6) is 0 Å². The monoisotopic (exact) mass is 369 g/mol. The van der Waals surface area contributed by atoms with Crippen LogP contribution < -0.4 is 10.9 Å². The standard InChI is InChI=1S/C22H31N3O2/c1-14(2)7-9-25-10-8-16(4)20(22(25)27)21(26)24-18(6)12-19-17(5)11-15(3)13-23-19/h8,10-11,13-14,18H,7,9,12H2,1-6H3,(H,24,26). The van der Waals surface area contributed by atoms with Crippen molar-refractivity contribution >= 4 is 5.91 Å². The Morgan fingerprint density at radius 3 is 2.52 bits per heavy atom. The number of nitrogens with one attached hydrogen (secondary N) is 1. The van der Waals surface area contributed by atoms with Crippen molar-refractivity contribution in [3.8, 4) is 0 Å². The number of carbonyl (C=O) groups is 1. The van der Waals surface area contributed by atoms with Gasteiger partial charge < -0.3 is 9.88 Å². The molecule has 0 aliphatic carbocycles. The Bertz CT molecular complexity index is 868. The predicted molar refractivity (Wildman–Crippen MR) is 109 cm³/mol. The molecule has 0 aliphatic rings. The van der Waals surface area contributed by atoms with E-state index in [4.69, 9.17) is 0 Å². The molecule has 0 fully saturated rings. The van der Waals surface area contributed by atoms with Gasteiger partial charge in [-0.15, -0.1) is 0 Å². The predicted octanol–water partition coefficient (Wildman–Crippen LogP) is 3.58. The van der Waals surface area contributed by atoms with Gasteiger partial charge in [0.2, 0.25) is 0 Å². The van der Waals surface area contributed by atoms with E-state index in [9.17, 15) is 9.59 Å². The summed E-state index contributed by atoms with van der Waals surface area (Å²) in [7, 11) is 0. The number of amides is 1. The Morgan fingerprint density at radius 1 is 1.19 bits per heavy atom. The zero-order valence-electron chi connectivity index (χ0n) is 17.3. The Hall–Kier alpha value is -2.43. The molecule has 1 amide bonds. The number of carbonyl (C=O) groups excluding carboxylic acids is 1. The third-order valence-electron chi connectivity index (χ3n) is 4.75. The van der Waals surface area contributed by atoms with Crippen molar-refractivity contribution in [1.29, 1.82) is 0 Å². The third-order valence-corrected chi connectivity index (χ3v) is 4.75. The van der Waals surface area contributed by atoms with Crippen LogP contribution in [-0.4, -0.2) is 21.5 Å². The highest BCUT2D eigenvalue weighted by atomic mass is 16.2. The van der Waals surface area contributed by atoms with E-state index in [1.54, 1.807) is 17.7 Å². The van der Waals surface area contributed by atoms with Gasteiger partial charge in [-0.2, -0.15) is 0 Å². The van der Waals surface area contributed by atoms with Crippen LogP contribution in [0.4, 0.5) is 0 Å². The van der Waals surface area contributed by atoms with E-state index in [0.717, 1.165) is 23.2 Å². The van der Waals surface area contributed by atoms with E-state index < -0.39 is 0 Å². The van der Waals surface area contributed by atoms with Gasteiger partial charge in [0.25, 0.3) is 11.5 Å². The average Bonchev–Trinajstić information content (AvgIpc) is 2.56. The second kappa shape index (κ2) is 8.98. The van der Waals surface area contributed by atoms with Gasteiger partial charge in [-0.25, -0.2) is 0 Å². The highest BCUT2D eigenvalue weighted by Gasteiger charge is 2.18. The molecule has 5 heteroatoms. The summed E-state index contributed by atoms with van der Waals surface area (Å²) in [5.41, 5.74) is 3.92. The summed E-state index contributed by atoms with van der Waals surface area (Å²) in [5, 5.41) is 2.97. The molecule has 2 aromatic heterocycles. The molecule has 1 atom stereocenters. The molecule has 146 valence electrons. The molecule has 27 heavy (non-hydrogen) atoms. The van der Waals surface area contributed by atoms with Crippen molar-refractivity contribution in [2.45, 2.75) is 67.0 Å². The molecule has 1 N–H and O–H groups in total. The summed E-state index contributed by atoms with van der Waals surface area (Å²) in [4.78, 5) is 30.0. The van der Waals surface area contributed by atoms with Gasteiger partial charge in [-0.1, -0.05) is 19.9 Å². The first-order chi connectivity index (χ1) is 12.7. The zero-order chi connectivity index (χ0) is 20.1. The van der Waals surface area contributed by atoms with Crippen LogP contribution in [0.3, 0.4) is 0 Å². The molecule has 0 saturated carbocycles. The van der Waals surface area contributed by atoms with Crippen molar-refractivity contribution in [3.05, 3.63) is 62.8 Å². The zero-order valence-corrected chi connectivity index (χ0v) is 17.3. The lowest BCUT2D eigenvalue weighted by molar-refractivity contribution is 0.0937. The van der Waals surface area contributed by atoms with Gasteiger partial charge in [0.1, 0.15) is 5.56 Å². The van der Waals surface area contributed by atoms with Crippen molar-refractivity contribution in [1.82, 2.24) is 14.9 Å². The molecule has 2 heterocycles. The summed E-state index contributed by atoms with van der Waals surface area (Å²) in [6, 6.07) is 3.81. The fourth-order valence-corrected chi connectivity index (χ4v) is 3.11. The maximum atomic E-state index is 12.8. The number of hydrogen-bond acceptors (Lipinski definition) is 3. The maximum absolute atomic E-state index is 12.8. The van der Waals surface area contributed by atoms with Crippen LogP contribution in [0.25, 0.3) is 0 Å². The van der Waals surface area contributed by atoms with E-state index in [2.05, 4.69) is 30.2 Å². The lowest BCUT2D eigenvalue weighted by Crippen LogP contribution is -2.39. The molecule has 2 aromatic rings. The highest BCUT2D eigenvalue weighted by molar-refractivity contribution is 5.95. The average molecular weight is 370 g/mol. The van der Waals surface area contributed by atoms with Crippen LogP contribution in [0.1, 0.15) is 59.9 Å². The smallest absolute Gasteiger partial charge is 0.263 e. The van der Waals surface area contributed by atoms with Crippen molar-refractivity contribution in [2.75, 3.05) is 0 Å². The number of nitrogens with zero attached hydrogens (tertiary/aromatic N) is 2. The number of rotatable bonds is 7. The maximum Gasteiger partial charge on any atom is 0.263 e. The minimum absolute atomic E-state index is 0.116. The molecule has 0 aliphatic heterocycles. The Morgan fingerprint density at radius 2 is 1.89 bits per heavy atom. The van der Waals surface area contributed by atoms with E-state index >= 15 is 0 Å². The number of pyridine rings is 2.